The predicted molar refractivity (Wildman–Crippen MR) is 91.8 cm³/mol. The number of ether oxygens (including phenoxy) is 1. The average Bonchev–Trinajstić information content (AvgIpc) is 2.90. The van der Waals surface area contributed by atoms with Crippen LogP contribution in [0.15, 0.2) is 22.7 Å². The molecule has 0 unspecified atom stereocenters. The second-order valence-electron chi connectivity index (χ2n) is 5.34. The standard InChI is InChI=1S/C16H17BrN2O2S/c1-10-8-11(6-7-12(10)17)21-9-15(20)19-16-18-13-4-2-3-5-14(13)22-16/h6-8H,2-5,9H2,1H3,(H,18,19,20). The van der Waals surface area contributed by atoms with Crippen LogP contribution in [0.2, 0.25) is 0 Å². The molecule has 0 saturated heterocycles. The molecular formula is C16H17BrN2O2S. The molecule has 0 radical (unpaired) electrons. The van der Waals surface area contributed by atoms with E-state index >= 15 is 0 Å². The maximum atomic E-state index is 12.0. The number of carbonyl (C=O) groups excluding carboxylic acids is 1. The van der Waals surface area contributed by atoms with Crippen molar-refractivity contribution in [2.45, 2.75) is 32.6 Å². The zero-order valence-electron chi connectivity index (χ0n) is 12.3. The lowest BCUT2D eigenvalue weighted by molar-refractivity contribution is -0.118. The minimum absolute atomic E-state index is 0.00861. The van der Waals surface area contributed by atoms with Gasteiger partial charge in [-0.2, -0.15) is 0 Å². The number of halogens is 1. The first-order valence-corrected chi connectivity index (χ1v) is 8.90. The number of benzene rings is 1. The number of thiazole rings is 1. The van der Waals surface area contributed by atoms with Gasteiger partial charge in [0.05, 0.1) is 5.69 Å². The predicted octanol–water partition coefficient (Wildman–Crippen LogP) is 4.11. The number of aromatic nitrogens is 1. The Morgan fingerprint density at radius 1 is 1.41 bits per heavy atom. The summed E-state index contributed by atoms with van der Waals surface area (Å²) >= 11 is 5.02. The lowest BCUT2D eigenvalue weighted by Gasteiger charge is -2.07. The first kappa shape index (κ1) is 15.5. The number of hydrogen-bond donors (Lipinski definition) is 1. The summed E-state index contributed by atoms with van der Waals surface area (Å²) in [6, 6.07) is 5.66. The Labute approximate surface area is 142 Å². The Hall–Kier alpha value is -1.40. The second kappa shape index (κ2) is 6.79. The van der Waals surface area contributed by atoms with Gasteiger partial charge in [-0.3, -0.25) is 10.1 Å². The number of nitrogens with zero attached hydrogens (tertiary/aromatic N) is 1. The van der Waals surface area contributed by atoms with E-state index in [2.05, 4.69) is 26.2 Å². The SMILES string of the molecule is Cc1cc(OCC(=O)Nc2nc3c(s2)CCCC3)ccc1Br. The molecule has 4 nitrogen and oxygen atoms in total. The first-order chi connectivity index (χ1) is 10.6. The molecule has 2 aromatic rings. The molecule has 0 spiro atoms. The van der Waals surface area contributed by atoms with E-state index in [4.69, 9.17) is 4.74 Å². The molecule has 0 aliphatic heterocycles. The summed E-state index contributed by atoms with van der Waals surface area (Å²) in [6.45, 7) is 1.97. The topological polar surface area (TPSA) is 51.2 Å². The third kappa shape index (κ3) is 3.67. The lowest BCUT2D eigenvalue weighted by Crippen LogP contribution is -2.20. The fourth-order valence-electron chi connectivity index (χ4n) is 2.42. The normalized spacial score (nSPS) is 13.5. The van der Waals surface area contributed by atoms with Crippen molar-refractivity contribution in [2.75, 3.05) is 11.9 Å². The van der Waals surface area contributed by atoms with E-state index < -0.39 is 0 Å². The van der Waals surface area contributed by atoms with Crippen molar-refractivity contribution >= 4 is 38.3 Å². The van der Waals surface area contributed by atoms with E-state index in [9.17, 15) is 4.79 Å². The van der Waals surface area contributed by atoms with Crippen LogP contribution in [0.4, 0.5) is 5.13 Å². The molecule has 1 aliphatic rings. The van der Waals surface area contributed by atoms with E-state index in [1.54, 1.807) is 11.3 Å². The number of aryl methyl sites for hydroxylation is 3. The molecule has 1 aliphatic carbocycles. The number of fused-ring (bicyclic) bond motifs is 1. The van der Waals surface area contributed by atoms with Crippen molar-refractivity contribution in [3.05, 3.63) is 38.8 Å². The van der Waals surface area contributed by atoms with Crippen molar-refractivity contribution in [1.29, 1.82) is 0 Å². The summed E-state index contributed by atoms with van der Waals surface area (Å²) in [7, 11) is 0. The van der Waals surface area contributed by atoms with Crippen molar-refractivity contribution < 1.29 is 9.53 Å². The summed E-state index contributed by atoms with van der Waals surface area (Å²) < 4.78 is 6.55. The van der Waals surface area contributed by atoms with Crippen LogP contribution in [0.3, 0.4) is 0 Å². The molecule has 0 saturated carbocycles. The fraction of sp³-hybridized carbons (Fsp3) is 0.375. The van der Waals surface area contributed by atoms with Crippen LogP contribution in [-0.4, -0.2) is 17.5 Å². The van der Waals surface area contributed by atoms with Crippen LogP contribution in [0.1, 0.15) is 29.0 Å². The largest absolute Gasteiger partial charge is 0.484 e. The zero-order chi connectivity index (χ0) is 15.5. The van der Waals surface area contributed by atoms with Gasteiger partial charge in [0.2, 0.25) is 0 Å². The van der Waals surface area contributed by atoms with Crippen LogP contribution in [0.5, 0.6) is 5.75 Å². The van der Waals surface area contributed by atoms with Gasteiger partial charge in [-0.1, -0.05) is 15.9 Å². The van der Waals surface area contributed by atoms with E-state index in [-0.39, 0.29) is 12.5 Å². The number of nitrogens with one attached hydrogen (secondary N) is 1. The van der Waals surface area contributed by atoms with Gasteiger partial charge in [-0.25, -0.2) is 4.98 Å². The minimum atomic E-state index is -0.174. The fourth-order valence-corrected chi connectivity index (χ4v) is 3.73. The van der Waals surface area contributed by atoms with Gasteiger partial charge in [0.25, 0.3) is 5.91 Å². The third-order valence-corrected chi connectivity index (χ3v) is 5.55. The maximum absolute atomic E-state index is 12.0. The summed E-state index contributed by atoms with van der Waals surface area (Å²) in [6.07, 6.45) is 4.51. The molecule has 116 valence electrons. The van der Waals surface area contributed by atoms with Crippen molar-refractivity contribution in [2.24, 2.45) is 0 Å². The molecule has 1 N–H and O–H groups in total. The Kier molecular flexibility index (Phi) is 4.78. The molecule has 3 rings (SSSR count). The Morgan fingerprint density at radius 2 is 2.23 bits per heavy atom. The summed E-state index contributed by atoms with van der Waals surface area (Å²) in [5.74, 6) is 0.515. The van der Waals surface area contributed by atoms with E-state index in [0.717, 1.165) is 28.6 Å². The van der Waals surface area contributed by atoms with Gasteiger partial charge in [-0.15, -0.1) is 11.3 Å². The highest BCUT2D eigenvalue weighted by atomic mass is 79.9. The third-order valence-electron chi connectivity index (χ3n) is 3.59. The van der Waals surface area contributed by atoms with Gasteiger partial charge in [0.1, 0.15) is 5.75 Å². The van der Waals surface area contributed by atoms with Crippen molar-refractivity contribution in [3.8, 4) is 5.75 Å². The molecule has 22 heavy (non-hydrogen) atoms. The van der Waals surface area contributed by atoms with Gasteiger partial charge in [0, 0.05) is 9.35 Å². The molecular weight excluding hydrogens is 364 g/mol. The smallest absolute Gasteiger partial charge is 0.264 e. The minimum Gasteiger partial charge on any atom is -0.484 e. The van der Waals surface area contributed by atoms with E-state index in [1.165, 1.54) is 17.7 Å². The zero-order valence-corrected chi connectivity index (χ0v) is 14.7. The number of hydrogen-bond acceptors (Lipinski definition) is 4. The Bertz CT molecular complexity index is 676. The highest BCUT2D eigenvalue weighted by molar-refractivity contribution is 9.10. The van der Waals surface area contributed by atoms with Crippen LogP contribution >= 0.6 is 27.3 Å². The monoisotopic (exact) mass is 380 g/mol. The first-order valence-electron chi connectivity index (χ1n) is 7.29. The molecule has 6 heteroatoms. The maximum Gasteiger partial charge on any atom is 0.264 e. The summed E-state index contributed by atoms with van der Waals surface area (Å²) in [5, 5.41) is 3.52. The number of rotatable bonds is 4. The van der Waals surface area contributed by atoms with E-state index in [1.807, 2.05) is 25.1 Å². The molecule has 1 aromatic heterocycles. The quantitative estimate of drug-likeness (QED) is 0.867. The number of carbonyl (C=O) groups is 1. The highest BCUT2D eigenvalue weighted by Crippen LogP contribution is 2.29. The Morgan fingerprint density at radius 3 is 3.00 bits per heavy atom. The van der Waals surface area contributed by atoms with Gasteiger partial charge < -0.3 is 4.74 Å². The molecule has 0 fully saturated rings. The van der Waals surface area contributed by atoms with Gasteiger partial charge >= 0.3 is 0 Å². The summed E-state index contributed by atoms with van der Waals surface area (Å²) in [4.78, 5) is 17.8. The van der Waals surface area contributed by atoms with Gasteiger partial charge in [0.15, 0.2) is 11.7 Å². The van der Waals surface area contributed by atoms with Crippen LogP contribution in [-0.2, 0) is 17.6 Å². The molecule has 1 heterocycles. The second-order valence-corrected chi connectivity index (χ2v) is 7.28. The number of anilines is 1. The van der Waals surface area contributed by atoms with E-state index in [0.29, 0.717) is 10.9 Å². The lowest BCUT2D eigenvalue weighted by atomic mass is 10.0. The summed E-state index contributed by atoms with van der Waals surface area (Å²) in [5.41, 5.74) is 2.22. The molecule has 1 amide bonds. The molecule has 1 aromatic carbocycles. The Balaban J connectivity index is 1.56. The number of amides is 1. The highest BCUT2D eigenvalue weighted by Gasteiger charge is 2.16. The molecule has 0 atom stereocenters. The van der Waals surface area contributed by atoms with Crippen molar-refractivity contribution in [3.63, 3.8) is 0 Å². The van der Waals surface area contributed by atoms with Gasteiger partial charge in [-0.05, 0) is 56.4 Å². The molecule has 0 bridgehead atoms. The van der Waals surface area contributed by atoms with Crippen LogP contribution in [0, 0.1) is 6.92 Å². The van der Waals surface area contributed by atoms with Crippen molar-refractivity contribution in [1.82, 2.24) is 4.98 Å². The van der Waals surface area contributed by atoms with Crippen LogP contribution < -0.4 is 10.1 Å². The average molecular weight is 381 g/mol. The van der Waals surface area contributed by atoms with Crippen LogP contribution in [0.25, 0.3) is 0 Å².